The average Bonchev–Trinajstić information content (AvgIpc) is 2.92. The van der Waals surface area contributed by atoms with Gasteiger partial charge in [0.2, 0.25) is 0 Å². The third kappa shape index (κ3) is 4.02. The third-order valence-electron chi connectivity index (χ3n) is 2.18. The summed E-state index contributed by atoms with van der Waals surface area (Å²) < 4.78 is 5.11. The second-order valence-corrected chi connectivity index (χ2v) is 7.05. The second kappa shape index (κ2) is 5.82. The maximum Gasteiger partial charge on any atom is 0.413 e. The van der Waals surface area contributed by atoms with Gasteiger partial charge in [-0.2, -0.15) is 0 Å². The van der Waals surface area contributed by atoms with Crippen molar-refractivity contribution in [1.82, 2.24) is 4.98 Å². The van der Waals surface area contributed by atoms with Crippen LogP contribution in [-0.4, -0.2) is 27.8 Å². The van der Waals surface area contributed by atoms with Crippen molar-refractivity contribution in [3.8, 4) is 9.75 Å². The normalized spacial score (nSPS) is 11.2. The SMILES string of the molecule is CC(C)(C)OC(=O)Nc1nc(C(=O)O)c(-c2cccs2)s1. The van der Waals surface area contributed by atoms with Crippen LogP contribution >= 0.6 is 22.7 Å². The summed E-state index contributed by atoms with van der Waals surface area (Å²) in [5.41, 5.74) is -0.707. The van der Waals surface area contributed by atoms with Crippen LogP contribution in [0.2, 0.25) is 0 Å². The molecule has 0 spiro atoms. The molecule has 0 aromatic carbocycles. The van der Waals surface area contributed by atoms with Crippen molar-refractivity contribution >= 4 is 39.9 Å². The van der Waals surface area contributed by atoms with Gasteiger partial charge >= 0.3 is 12.1 Å². The van der Waals surface area contributed by atoms with E-state index < -0.39 is 17.7 Å². The lowest BCUT2D eigenvalue weighted by Crippen LogP contribution is -2.27. The lowest BCUT2D eigenvalue weighted by Gasteiger charge is -2.18. The molecule has 0 bridgehead atoms. The molecule has 21 heavy (non-hydrogen) atoms. The highest BCUT2D eigenvalue weighted by Gasteiger charge is 2.22. The number of carboxylic acids is 1. The number of amides is 1. The van der Waals surface area contributed by atoms with Crippen molar-refractivity contribution in [3.63, 3.8) is 0 Å². The monoisotopic (exact) mass is 326 g/mol. The lowest BCUT2D eigenvalue weighted by atomic mass is 10.2. The highest BCUT2D eigenvalue weighted by atomic mass is 32.1. The molecule has 2 heterocycles. The molecule has 1 amide bonds. The summed E-state index contributed by atoms with van der Waals surface area (Å²) in [6.45, 7) is 5.23. The summed E-state index contributed by atoms with van der Waals surface area (Å²) in [6.07, 6.45) is -0.661. The summed E-state index contributed by atoms with van der Waals surface area (Å²) in [6, 6.07) is 3.63. The van der Waals surface area contributed by atoms with E-state index in [1.54, 1.807) is 20.8 Å². The van der Waals surface area contributed by atoms with Gasteiger partial charge in [0, 0.05) is 4.88 Å². The van der Waals surface area contributed by atoms with E-state index in [4.69, 9.17) is 4.74 Å². The van der Waals surface area contributed by atoms with Gasteiger partial charge in [-0.1, -0.05) is 17.4 Å². The summed E-state index contributed by atoms with van der Waals surface area (Å²) >= 11 is 2.52. The molecule has 8 heteroatoms. The number of carbonyl (C=O) groups excluding carboxylic acids is 1. The number of aromatic carboxylic acids is 1. The topological polar surface area (TPSA) is 88.5 Å². The number of anilines is 1. The van der Waals surface area contributed by atoms with Crippen LogP contribution in [0.25, 0.3) is 9.75 Å². The number of carbonyl (C=O) groups is 2. The standard InChI is InChI=1S/C13H14N2O4S2/c1-13(2,3)19-12(18)15-11-14-8(10(16)17)9(21-11)7-5-4-6-20-7/h4-6H,1-3H3,(H,16,17)(H,14,15,18). The molecule has 0 saturated carbocycles. The number of hydrogen-bond acceptors (Lipinski definition) is 6. The molecule has 112 valence electrons. The third-order valence-corrected chi connectivity index (χ3v) is 4.20. The van der Waals surface area contributed by atoms with Gasteiger partial charge in [0.15, 0.2) is 10.8 Å². The minimum absolute atomic E-state index is 0.0755. The van der Waals surface area contributed by atoms with Crippen molar-refractivity contribution in [2.45, 2.75) is 26.4 Å². The molecule has 0 saturated heterocycles. The molecule has 2 rings (SSSR count). The van der Waals surface area contributed by atoms with Crippen LogP contribution in [0.5, 0.6) is 0 Å². The molecule has 6 nitrogen and oxygen atoms in total. The Labute approximate surface area is 129 Å². The van der Waals surface area contributed by atoms with Crippen molar-refractivity contribution in [2.75, 3.05) is 5.32 Å². The first-order chi connectivity index (χ1) is 9.76. The van der Waals surface area contributed by atoms with E-state index in [1.807, 2.05) is 17.5 Å². The van der Waals surface area contributed by atoms with E-state index in [2.05, 4.69) is 10.3 Å². The highest BCUT2D eigenvalue weighted by molar-refractivity contribution is 7.23. The number of thiazole rings is 1. The quantitative estimate of drug-likeness (QED) is 0.892. The summed E-state index contributed by atoms with van der Waals surface area (Å²) in [5.74, 6) is -1.13. The smallest absolute Gasteiger partial charge is 0.413 e. The maximum absolute atomic E-state index is 11.7. The molecule has 0 aliphatic heterocycles. The fourth-order valence-corrected chi connectivity index (χ4v) is 3.28. The Hall–Kier alpha value is -1.93. The fraction of sp³-hybridized carbons (Fsp3) is 0.308. The first-order valence-corrected chi connectivity index (χ1v) is 7.74. The van der Waals surface area contributed by atoms with Crippen LogP contribution in [0.15, 0.2) is 17.5 Å². The van der Waals surface area contributed by atoms with Crippen molar-refractivity contribution in [1.29, 1.82) is 0 Å². The van der Waals surface area contributed by atoms with Crippen LogP contribution in [0.4, 0.5) is 9.93 Å². The van der Waals surface area contributed by atoms with Gasteiger partial charge in [0.05, 0.1) is 4.88 Å². The summed E-state index contributed by atoms with van der Waals surface area (Å²) in [7, 11) is 0. The molecule has 0 aliphatic carbocycles. The molecule has 2 N–H and O–H groups in total. The fourth-order valence-electron chi connectivity index (χ4n) is 1.48. The number of aromatic nitrogens is 1. The van der Waals surface area contributed by atoms with Gasteiger partial charge in [-0.05, 0) is 32.2 Å². The van der Waals surface area contributed by atoms with E-state index in [-0.39, 0.29) is 10.8 Å². The number of nitrogens with one attached hydrogen (secondary N) is 1. The van der Waals surface area contributed by atoms with Crippen molar-refractivity contribution in [3.05, 3.63) is 23.2 Å². The van der Waals surface area contributed by atoms with Gasteiger partial charge in [-0.3, -0.25) is 5.32 Å². The molecule has 0 radical (unpaired) electrons. The number of nitrogens with zero attached hydrogens (tertiary/aromatic N) is 1. The molecule has 2 aromatic rings. The minimum Gasteiger partial charge on any atom is -0.476 e. The lowest BCUT2D eigenvalue weighted by molar-refractivity contribution is 0.0632. The van der Waals surface area contributed by atoms with E-state index in [9.17, 15) is 14.7 Å². The maximum atomic E-state index is 11.7. The summed E-state index contributed by atoms with van der Waals surface area (Å²) in [5, 5.41) is 13.7. The first-order valence-electron chi connectivity index (χ1n) is 6.04. The van der Waals surface area contributed by atoms with Crippen LogP contribution < -0.4 is 5.32 Å². The van der Waals surface area contributed by atoms with E-state index in [0.717, 1.165) is 16.2 Å². The second-order valence-electron chi connectivity index (χ2n) is 5.11. The van der Waals surface area contributed by atoms with Crippen LogP contribution in [0.1, 0.15) is 31.3 Å². The molecule has 0 atom stereocenters. The Morgan fingerprint density at radius 1 is 1.38 bits per heavy atom. The Balaban J connectivity index is 2.24. The van der Waals surface area contributed by atoms with Gasteiger partial charge in [-0.25, -0.2) is 14.6 Å². The Bertz CT molecular complexity index is 656. The summed E-state index contributed by atoms with van der Waals surface area (Å²) in [4.78, 5) is 28.2. The Morgan fingerprint density at radius 3 is 2.62 bits per heavy atom. The van der Waals surface area contributed by atoms with Gasteiger partial charge in [0.1, 0.15) is 5.60 Å². The van der Waals surface area contributed by atoms with Crippen molar-refractivity contribution < 1.29 is 19.4 Å². The predicted molar refractivity (Wildman–Crippen MR) is 82.2 cm³/mol. The van der Waals surface area contributed by atoms with Crippen molar-refractivity contribution in [2.24, 2.45) is 0 Å². The molecule has 2 aromatic heterocycles. The first kappa shape index (κ1) is 15.5. The largest absolute Gasteiger partial charge is 0.476 e. The average molecular weight is 326 g/mol. The Morgan fingerprint density at radius 2 is 2.10 bits per heavy atom. The van der Waals surface area contributed by atoms with Gasteiger partial charge in [-0.15, -0.1) is 11.3 Å². The molecule has 0 aliphatic rings. The molecule has 0 unspecified atom stereocenters. The molecule has 0 fully saturated rings. The van der Waals surface area contributed by atoms with Gasteiger partial charge < -0.3 is 9.84 Å². The van der Waals surface area contributed by atoms with Gasteiger partial charge in [0.25, 0.3) is 0 Å². The number of hydrogen-bond donors (Lipinski definition) is 2. The van der Waals surface area contributed by atoms with E-state index >= 15 is 0 Å². The molecular formula is C13H14N2O4S2. The highest BCUT2D eigenvalue weighted by Crippen LogP contribution is 2.36. The predicted octanol–water partition coefficient (Wildman–Crippen LogP) is 3.92. The zero-order valence-electron chi connectivity index (χ0n) is 11.7. The van der Waals surface area contributed by atoms with Crippen LogP contribution in [0, 0.1) is 0 Å². The van der Waals surface area contributed by atoms with E-state index in [0.29, 0.717) is 4.88 Å². The van der Waals surface area contributed by atoms with Crippen LogP contribution in [-0.2, 0) is 4.74 Å². The zero-order chi connectivity index (χ0) is 15.6. The molecular weight excluding hydrogens is 312 g/mol. The number of thiophene rings is 1. The number of ether oxygens (including phenoxy) is 1. The number of rotatable bonds is 3. The minimum atomic E-state index is -1.13. The van der Waals surface area contributed by atoms with E-state index in [1.165, 1.54) is 11.3 Å². The number of carboxylic acid groups (broad SMARTS) is 1. The zero-order valence-corrected chi connectivity index (χ0v) is 13.3. The Kier molecular flexibility index (Phi) is 4.29. The van der Waals surface area contributed by atoms with Crippen LogP contribution in [0.3, 0.4) is 0 Å².